The molecule has 8 heteroatoms. The molecule has 0 aromatic carbocycles. The van der Waals surface area contributed by atoms with Gasteiger partial charge in [0.2, 0.25) is 0 Å². The van der Waals surface area contributed by atoms with Gasteiger partial charge in [0.05, 0.1) is 6.61 Å². The van der Waals surface area contributed by atoms with Gasteiger partial charge < -0.3 is 40.9 Å². The molecule has 0 aromatic heterocycles. The van der Waals surface area contributed by atoms with Crippen LogP contribution in [0.1, 0.15) is 0 Å². The molecule has 8 N–H and O–H groups in total. The third-order valence-electron chi connectivity index (χ3n) is 1.65. The van der Waals surface area contributed by atoms with Crippen molar-refractivity contribution in [1.82, 2.24) is 0 Å². The van der Waals surface area contributed by atoms with Gasteiger partial charge in [0, 0.05) is 0 Å². The van der Waals surface area contributed by atoms with Crippen LogP contribution >= 0.6 is 0 Å². The van der Waals surface area contributed by atoms with Crippen LogP contribution in [-0.2, 0) is 0 Å². The lowest BCUT2D eigenvalue weighted by Crippen LogP contribution is -2.55. The third-order valence-corrected chi connectivity index (χ3v) is 1.65. The summed E-state index contributed by atoms with van der Waals surface area (Å²) in [6.07, 6.45) is -8.53. The Morgan fingerprint density at radius 3 is 1.57 bits per heavy atom. The molecule has 8 nitrogen and oxygen atoms in total. The lowest BCUT2D eigenvalue weighted by molar-refractivity contribution is -0.371. The van der Waals surface area contributed by atoms with Crippen molar-refractivity contribution in [1.29, 1.82) is 0 Å². The third kappa shape index (κ3) is 3.44. The molecule has 0 aliphatic heterocycles. The van der Waals surface area contributed by atoms with E-state index in [0.29, 0.717) is 0 Å². The Morgan fingerprint density at radius 1 is 0.857 bits per heavy atom. The van der Waals surface area contributed by atoms with Crippen LogP contribution in [0, 0.1) is 0 Å². The highest BCUT2D eigenvalue weighted by molar-refractivity contribution is 4.83. The summed E-state index contributed by atoms with van der Waals surface area (Å²) in [6.45, 7) is -0.903. The zero-order valence-electron chi connectivity index (χ0n) is 7.09. The molecule has 0 bridgehead atoms. The molecule has 0 radical (unpaired) electrons. The summed E-state index contributed by atoms with van der Waals surface area (Å²) in [5, 5.41) is 69.1. The normalized spacial score (nSPS) is 21.4. The van der Waals surface area contributed by atoms with Gasteiger partial charge in [0.25, 0.3) is 0 Å². The summed E-state index contributed by atoms with van der Waals surface area (Å²) in [7, 11) is 0. The van der Waals surface area contributed by atoms with E-state index in [9.17, 15) is 0 Å². The van der Waals surface area contributed by atoms with Crippen LogP contribution in [0.15, 0.2) is 0 Å². The molecule has 0 aliphatic carbocycles. The van der Waals surface area contributed by atoms with Crippen molar-refractivity contribution in [3.05, 3.63) is 0 Å². The molecule has 0 aliphatic rings. The van der Waals surface area contributed by atoms with E-state index in [1.165, 1.54) is 0 Å². The van der Waals surface area contributed by atoms with Gasteiger partial charge in [-0.3, -0.25) is 0 Å². The van der Waals surface area contributed by atoms with E-state index >= 15 is 0 Å². The summed E-state index contributed by atoms with van der Waals surface area (Å²) >= 11 is 0. The zero-order chi connectivity index (χ0) is 11.5. The molecular formula is C6H14O8. The highest BCUT2D eigenvalue weighted by Gasteiger charge is 2.41. The summed E-state index contributed by atoms with van der Waals surface area (Å²) in [5.74, 6) is -3.60. The molecule has 0 heterocycles. The predicted octanol–water partition coefficient (Wildman–Crippen LogP) is -4.95. The minimum atomic E-state index is -3.60. The number of aliphatic hydroxyl groups excluding tert-OH is 5. The van der Waals surface area contributed by atoms with Crippen molar-refractivity contribution < 1.29 is 40.9 Å². The lowest BCUT2D eigenvalue weighted by atomic mass is 10.0. The Balaban J connectivity index is 4.38. The van der Waals surface area contributed by atoms with E-state index in [4.69, 9.17) is 40.9 Å². The minimum Gasteiger partial charge on any atom is -0.394 e. The minimum absolute atomic E-state index is 0.903. The summed E-state index contributed by atoms with van der Waals surface area (Å²) in [5.41, 5.74) is 0. The zero-order valence-corrected chi connectivity index (χ0v) is 7.09. The fourth-order valence-electron chi connectivity index (χ4n) is 0.751. The van der Waals surface area contributed by atoms with Crippen LogP contribution < -0.4 is 0 Å². The topological polar surface area (TPSA) is 162 Å². The lowest BCUT2D eigenvalue weighted by Gasteiger charge is -2.29. The second-order valence-electron chi connectivity index (χ2n) is 2.86. The van der Waals surface area contributed by atoms with Gasteiger partial charge in [0.1, 0.15) is 18.3 Å². The first-order chi connectivity index (χ1) is 6.21. The molecule has 86 valence electrons. The van der Waals surface area contributed by atoms with Gasteiger partial charge in [-0.05, 0) is 0 Å². The molecular weight excluding hydrogens is 200 g/mol. The van der Waals surface area contributed by atoms with Crippen LogP contribution in [0.4, 0.5) is 0 Å². The monoisotopic (exact) mass is 214 g/mol. The Bertz CT molecular complexity index is 166. The number of hydrogen-bond donors (Lipinski definition) is 8. The largest absolute Gasteiger partial charge is 0.394 e. The fraction of sp³-hybridized carbons (Fsp3) is 1.00. The first-order valence-corrected chi connectivity index (χ1v) is 3.72. The average Bonchev–Trinajstić information content (AvgIpc) is 2.11. The molecule has 0 rings (SSSR count). The van der Waals surface area contributed by atoms with E-state index in [1.807, 2.05) is 0 Å². The van der Waals surface area contributed by atoms with E-state index in [-0.39, 0.29) is 0 Å². The smallest absolute Gasteiger partial charge is 0.305 e. The molecule has 4 atom stereocenters. The highest BCUT2D eigenvalue weighted by atomic mass is 16.7. The number of aliphatic hydroxyl groups is 8. The van der Waals surface area contributed by atoms with Crippen molar-refractivity contribution in [2.24, 2.45) is 0 Å². The van der Waals surface area contributed by atoms with E-state index in [1.54, 1.807) is 0 Å². The molecule has 0 spiro atoms. The molecule has 0 amide bonds. The SMILES string of the molecule is OC[C@@H](O)[C@H](O)[C@H](O)[C@@H](O)C(O)(O)O. The van der Waals surface area contributed by atoms with Crippen LogP contribution in [0.25, 0.3) is 0 Å². The highest BCUT2D eigenvalue weighted by Crippen LogP contribution is 2.12. The Kier molecular flexibility index (Phi) is 4.84. The first-order valence-electron chi connectivity index (χ1n) is 3.72. The second kappa shape index (κ2) is 4.96. The molecule has 0 fully saturated rings. The van der Waals surface area contributed by atoms with E-state index in [2.05, 4.69) is 0 Å². The van der Waals surface area contributed by atoms with E-state index in [0.717, 1.165) is 0 Å². The van der Waals surface area contributed by atoms with Gasteiger partial charge in [0.15, 0.2) is 6.10 Å². The van der Waals surface area contributed by atoms with Gasteiger partial charge in [-0.15, -0.1) is 0 Å². The molecule has 0 saturated carbocycles. The Labute approximate surface area is 78.9 Å². The number of hydrogen-bond acceptors (Lipinski definition) is 8. The van der Waals surface area contributed by atoms with Gasteiger partial charge in [-0.25, -0.2) is 0 Å². The van der Waals surface area contributed by atoms with Crippen LogP contribution in [-0.4, -0.2) is 77.8 Å². The summed E-state index contributed by atoms with van der Waals surface area (Å²) in [4.78, 5) is 0. The van der Waals surface area contributed by atoms with Crippen LogP contribution in [0.5, 0.6) is 0 Å². The standard InChI is InChI=1S/C6H14O8/c7-1-2(8)3(9)4(10)5(11)6(12,13)14/h2-5,7-14H,1H2/t2-,3+,4+,5-/m1/s1. The maximum Gasteiger partial charge on any atom is 0.305 e. The molecule has 0 unspecified atom stereocenters. The summed E-state index contributed by atoms with van der Waals surface area (Å²) in [6, 6.07) is 0. The predicted molar refractivity (Wildman–Crippen MR) is 40.5 cm³/mol. The van der Waals surface area contributed by atoms with Crippen LogP contribution in [0.2, 0.25) is 0 Å². The van der Waals surface area contributed by atoms with E-state index < -0.39 is 37.0 Å². The summed E-state index contributed by atoms with van der Waals surface area (Å²) < 4.78 is 0. The molecule has 0 saturated heterocycles. The maximum atomic E-state index is 8.97. The second-order valence-corrected chi connectivity index (χ2v) is 2.86. The van der Waals surface area contributed by atoms with Crippen molar-refractivity contribution >= 4 is 0 Å². The fourth-order valence-corrected chi connectivity index (χ4v) is 0.751. The van der Waals surface area contributed by atoms with Crippen molar-refractivity contribution in [3.63, 3.8) is 0 Å². The maximum absolute atomic E-state index is 8.97. The van der Waals surface area contributed by atoms with Gasteiger partial charge >= 0.3 is 5.97 Å². The van der Waals surface area contributed by atoms with Gasteiger partial charge in [-0.2, -0.15) is 0 Å². The molecule has 14 heavy (non-hydrogen) atoms. The van der Waals surface area contributed by atoms with Crippen LogP contribution in [0.3, 0.4) is 0 Å². The van der Waals surface area contributed by atoms with Crippen molar-refractivity contribution in [2.75, 3.05) is 6.61 Å². The van der Waals surface area contributed by atoms with Crippen molar-refractivity contribution in [3.8, 4) is 0 Å². The van der Waals surface area contributed by atoms with Gasteiger partial charge in [-0.1, -0.05) is 0 Å². The first kappa shape index (κ1) is 13.7. The van der Waals surface area contributed by atoms with Crippen molar-refractivity contribution in [2.45, 2.75) is 30.4 Å². The Hall–Kier alpha value is -0.320. The average molecular weight is 214 g/mol. The quantitative estimate of drug-likeness (QED) is 0.211. The number of rotatable bonds is 5. The molecule has 0 aromatic rings. The Morgan fingerprint density at radius 2 is 1.29 bits per heavy atom.